The molecule has 25 heavy (non-hydrogen) atoms. The molecule has 0 spiro atoms. The first-order valence-electron chi connectivity index (χ1n) is 7.46. The van der Waals surface area contributed by atoms with E-state index in [4.69, 9.17) is 9.47 Å². The number of ether oxygens (including phenoxy) is 2. The van der Waals surface area contributed by atoms with Gasteiger partial charge in [0.25, 0.3) is 5.91 Å². The molecular formula is C18H16FN3O3. The number of nitrogens with zero attached hydrogens (tertiary/aromatic N) is 2. The van der Waals surface area contributed by atoms with Crippen LogP contribution in [0, 0.1) is 5.82 Å². The molecule has 7 heteroatoms. The second-order valence-electron chi connectivity index (χ2n) is 5.11. The van der Waals surface area contributed by atoms with Crippen LogP contribution in [0.15, 0.2) is 54.9 Å². The third-order valence-electron chi connectivity index (χ3n) is 3.61. The van der Waals surface area contributed by atoms with Crippen molar-refractivity contribution in [3.63, 3.8) is 0 Å². The summed E-state index contributed by atoms with van der Waals surface area (Å²) in [5.41, 5.74) is 1.11. The van der Waals surface area contributed by atoms with E-state index in [1.807, 2.05) is 0 Å². The van der Waals surface area contributed by atoms with Gasteiger partial charge in [-0.05, 0) is 36.4 Å². The van der Waals surface area contributed by atoms with Crippen LogP contribution in [0.1, 0.15) is 10.4 Å². The van der Waals surface area contributed by atoms with Crippen molar-refractivity contribution in [3.8, 4) is 17.2 Å². The number of carbonyl (C=O) groups excluding carboxylic acids is 1. The lowest BCUT2D eigenvalue weighted by atomic mass is 10.1. The maximum absolute atomic E-state index is 13.7. The van der Waals surface area contributed by atoms with E-state index in [-0.39, 0.29) is 5.56 Å². The smallest absolute Gasteiger partial charge is 0.259 e. The van der Waals surface area contributed by atoms with Crippen LogP contribution in [-0.2, 0) is 0 Å². The van der Waals surface area contributed by atoms with Crippen molar-refractivity contribution in [1.29, 1.82) is 0 Å². The highest BCUT2D eigenvalue weighted by Crippen LogP contribution is 2.31. The molecule has 3 rings (SSSR count). The Bertz CT molecular complexity index is 895. The second-order valence-corrected chi connectivity index (χ2v) is 5.11. The Morgan fingerprint density at radius 2 is 2.00 bits per heavy atom. The number of rotatable bonds is 5. The SMILES string of the molecule is COc1cccc(C(=O)Nc2cc(F)ccc2-n2cccn2)c1OC. The number of nitrogens with one attached hydrogen (secondary N) is 1. The number of hydrogen-bond acceptors (Lipinski definition) is 4. The standard InChI is InChI=1S/C18H16FN3O3/c1-24-16-6-3-5-13(17(16)25-2)18(23)21-14-11-12(19)7-8-15(14)22-10-4-9-20-22/h3-11H,1-2H3,(H,21,23). The Balaban J connectivity index is 1.98. The molecular weight excluding hydrogens is 325 g/mol. The highest BCUT2D eigenvalue weighted by atomic mass is 19.1. The summed E-state index contributed by atoms with van der Waals surface area (Å²) in [5, 5.41) is 6.82. The number of benzene rings is 2. The number of carbonyl (C=O) groups is 1. The van der Waals surface area contributed by atoms with Gasteiger partial charge in [0.05, 0.1) is 31.2 Å². The van der Waals surface area contributed by atoms with E-state index in [2.05, 4.69) is 10.4 Å². The van der Waals surface area contributed by atoms with Gasteiger partial charge in [-0.3, -0.25) is 4.79 Å². The molecule has 0 aliphatic heterocycles. The molecule has 1 amide bonds. The molecule has 0 radical (unpaired) electrons. The zero-order valence-corrected chi connectivity index (χ0v) is 13.7. The Hall–Kier alpha value is -3.35. The lowest BCUT2D eigenvalue weighted by Gasteiger charge is -2.14. The first-order chi connectivity index (χ1) is 12.1. The molecule has 128 valence electrons. The fraction of sp³-hybridized carbons (Fsp3) is 0.111. The minimum Gasteiger partial charge on any atom is -0.493 e. The Morgan fingerprint density at radius 1 is 1.16 bits per heavy atom. The first-order valence-corrected chi connectivity index (χ1v) is 7.46. The van der Waals surface area contributed by atoms with Crippen LogP contribution in [0.3, 0.4) is 0 Å². The van der Waals surface area contributed by atoms with E-state index in [1.54, 1.807) is 42.7 Å². The second kappa shape index (κ2) is 7.04. The zero-order chi connectivity index (χ0) is 17.8. The van der Waals surface area contributed by atoms with E-state index in [0.717, 1.165) is 0 Å². The van der Waals surface area contributed by atoms with Gasteiger partial charge in [-0.2, -0.15) is 5.10 Å². The summed E-state index contributed by atoms with van der Waals surface area (Å²) in [6.45, 7) is 0. The lowest BCUT2D eigenvalue weighted by Crippen LogP contribution is -2.15. The van der Waals surface area contributed by atoms with E-state index in [9.17, 15) is 9.18 Å². The fourth-order valence-electron chi connectivity index (χ4n) is 2.48. The summed E-state index contributed by atoms with van der Waals surface area (Å²) >= 11 is 0. The summed E-state index contributed by atoms with van der Waals surface area (Å²) in [6.07, 6.45) is 3.30. The predicted octanol–water partition coefficient (Wildman–Crippen LogP) is 3.28. The van der Waals surface area contributed by atoms with Crippen LogP contribution < -0.4 is 14.8 Å². The monoisotopic (exact) mass is 341 g/mol. The molecule has 0 aliphatic carbocycles. The molecule has 0 saturated heterocycles. The average Bonchev–Trinajstić information content (AvgIpc) is 3.15. The topological polar surface area (TPSA) is 65.4 Å². The van der Waals surface area contributed by atoms with Crippen LogP contribution >= 0.6 is 0 Å². The third kappa shape index (κ3) is 3.30. The fourth-order valence-corrected chi connectivity index (χ4v) is 2.48. The van der Waals surface area contributed by atoms with Crippen molar-refractivity contribution in [2.45, 2.75) is 0 Å². The maximum atomic E-state index is 13.7. The van der Waals surface area contributed by atoms with Gasteiger partial charge >= 0.3 is 0 Å². The summed E-state index contributed by atoms with van der Waals surface area (Å²) in [6, 6.07) is 10.8. The van der Waals surface area contributed by atoms with Crippen molar-refractivity contribution >= 4 is 11.6 Å². The molecule has 2 aromatic carbocycles. The summed E-state index contributed by atoms with van der Waals surface area (Å²) in [5.74, 6) is -0.181. The summed E-state index contributed by atoms with van der Waals surface area (Å²) in [4.78, 5) is 12.7. The molecule has 0 atom stereocenters. The highest BCUT2D eigenvalue weighted by Gasteiger charge is 2.18. The van der Waals surface area contributed by atoms with Crippen LogP contribution in [0.2, 0.25) is 0 Å². The van der Waals surface area contributed by atoms with Gasteiger partial charge in [0, 0.05) is 12.4 Å². The van der Waals surface area contributed by atoms with Crippen molar-refractivity contribution in [3.05, 3.63) is 66.2 Å². The van der Waals surface area contributed by atoms with E-state index in [1.165, 1.54) is 31.0 Å². The van der Waals surface area contributed by atoms with Crippen molar-refractivity contribution < 1.29 is 18.7 Å². The highest BCUT2D eigenvalue weighted by molar-refractivity contribution is 6.07. The Labute approximate surface area is 143 Å². The molecule has 1 heterocycles. The van der Waals surface area contributed by atoms with Gasteiger partial charge in [0.1, 0.15) is 5.82 Å². The van der Waals surface area contributed by atoms with Crippen molar-refractivity contribution in [1.82, 2.24) is 9.78 Å². The minimum absolute atomic E-state index is 0.275. The number of halogens is 1. The van der Waals surface area contributed by atoms with E-state index in [0.29, 0.717) is 22.9 Å². The molecule has 0 bridgehead atoms. The van der Waals surface area contributed by atoms with Gasteiger partial charge < -0.3 is 14.8 Å². The number of amides is 1. The van der Waals surface area contributed by atoms with Crippen molar-refractivity contribution in [2.24, 2.45) is 0 Å². The minimum atomic E-state index is -0.469. The molecule has 6 nitrogen and oxygen atoms in total. The number of hydrogen-bond donors (Lipinski definition) is 1. The van der Waals surface area contributed by atoms with Crippen LogP contribution in [0.5, 0.6) is 11.5 Å². The van der Waals surface area contributed by atoms with Crippen LogP contribution in [-0.4, -0.2) is 29.9 Å². The predicted molar refractivity (Wildman–Crippen MR) is 91.0 cm³/mol. The number of anilines is 1. The molecule has 0 aliphatic rings. The van der Waals surface area contributed by atoms with Crippen LogP contribution in [0.4, 0.5) is 10.1 Å². The van der Waals surface area contributed by atoms with Gasteiger partial charge in [-0.25, -0.2) is 9.07 Å². The molecule has 3 aromatic rings. The summed E-state index contributed by atoms with van der Waals surface area (Å²) in [7, 11) is 2.94. The van der Waals surface area contributed by atoms with E-state index >= 15 is 0 Å². The lowest BCUT2D eigenvalue weighted by molar-refractivity contribution is 0.102. The van der Waals surface area contributed by atoms with Gasteiger partial charge in [-0.15, -0.1) is 0 Å². The molecule has 1 N–H and O–H groups in total. The van der Waals surface area contributed by atoms with Gasteiger partial charge in [0.15, 0.2) is 11.5 Å². The third-order valence-corrected chi connectivity index (χ3v) is 3.61. The molecule has 1 aromatic heterocycles. The largest absolute Gasteiger partial charge is 0.493 e. The molecule has 0 saturated carbocycles. The van der Waals surface area contributed by atoms with Gasteiger partial charge in [-0.1, -0.05) is 6.07 Å². The Kier molecular flexibility index (Phi) is 4.65. The zero-order valence-electron chi connectivity index (χ0n) is 13.7. The molecule has 0 unspecified atom stereocenters. The van der Waals surface area contributed by atoms with Gasteiger partial charge in [0.2, 0.25) is 0 Å². The normalized spacial score (nSPS) is 10.4. The quantitative estimate of drug-likeness (QED) is 0.773. The van der Waals surface area contributed by atoms with Crippen molar-refractivity contribution in [2.75, 3.05) is 19.5 Å². The number of aromatic nitrogens is 2. The average molecular weight is 341 g/mol. The summed E-state index contributed by atoms with van der Waals surface area (Å²) < 4.78 is 25.7. The van der Waals surface area contributed by atoms with Crippen LogP contribution in [0.25, 0.3) is 5.69 Å². The van der Waals surface area contributed by atoms with E-state index < -0.39 is 11.7 Å². The first kappa shape index (κ1) is 16.5. The maximum Gasteiger partial charge on any atom is 0.259 e. The number of para-hydroxylation sites is 1. The Morgan fingerprint density at radius 3 is 2.68 bits per heavy atom. The molecule has 0 fully saturated rings. The number of methoxy groups -OCH3 is 2.